The molecule has 0 aliphatic heterocycles. The van der Waals surface area contributed by atoms with Crippen LogP contribution in [0.1, 0.15) is 5.82 Å². The fourth-order valence-corrected chi connectivity index (χ4v) is 4.28. The summed E-state index contributed by atoms with van der Waals surface area (Å²) in [7, 11) is 1.61. The Bertz CT molecular complexity index is 1280. The van der Waals surface area contributed by atoms with Gasteiger partial charge in [-0.2, -0.15) is 0 Å². The zero-order valence-corrected chi connectivity index (χ0v) is 17.9. The van der Waals surface area contributed by atoms with E-state index in [9.17, 15) is 9.59 Å². The summed E-state index contributed by atoms with van der Waals surface area (Å²) in [4.78, 5) is 31.0. The molecule has 2 aromatic heterocycles. The largest absolute Gasteiger partial charge is 0.497 e. The van der Waals surface area contributed by atoms with Crippen LogP contribution >= 0.6 is 22.9 Å². The van der Waals surface area contributed by atoms with E-state index in [0.717, 1.165) is 16.9 Å². The summed E-state index contributed by atoms with van der Waals surface area (Å²) in [5.74, 6) is 0.912. The lowest BCUT2D eigenvalue weighted by Gasteiger charge is -2.11. The Morgan fingerprint density at radius 1 is 1.17 bits per heavy atom. The van der Waals surface area contributed by atoms with Gasteiger partial charge in [0.25, 0.3) is 5.56 Å². The van der Waals surface area contributed by atoms with Crippen LogP contribution in [0.2, 0.25) is 5.02 Å². The number of hydrogen-bond acceptors (Lipinski definition) is 5. The molecule has 0 aliphatic carbocycles. The minimum atomic E-state index is -0.315. The van der Waals surface area contributed by atoms with E-state index >= 15 is 0 Å². The van der Waals surface area contributed by atoms with E-state index in [1.54, 1.807) is 38.3 Å². The Morgan fingerprint density at radius 3 is 2.53 bits per heavy atom. The molecule has 4 rings (SSSR count). The Morgan fingerprint density at radius 2 is 1.87 bits per heavy atom. The molecule has 152 valence electrons. The van der Waals surface area contributed by atoms with Crippen LogP contribution in [0.25, 0.3) is 21.3 Å². The maximum absolute atomic E-state index is 13.3. The lowest BCUT2D eigenvalue weighted by molar-refractivity contribution is -0.116. The summed E-state index contributed by atoms with van der Waals surface area (Å²) in [6.45, 7) is 1.59. The smallest absolute Gasteiger partial charge is 0.263 e. The summed E-state index contributed by atoms with van der Waals surface area (Å²) in [5.41, 5.74) is 2.05. The van der Waals surface area contributed by atoms with Crippen LogP contribution in [0.4, 0.5) is 5.69 Å². The van der Waals surface area contributed by atoms with Crippen molar-refractivity contribution in [2.45, 2.75) is 13.5 Å². The third-order valence-electron chi connectivity index (χ3n) is 4.72. The Hall–Kier alpha value is -3.16. The van der Waals surface area contributed by atoms with Crippen molar-refractivity contribution in [3.05, 3.63) is 75.1 Å². The van der Waals surface area contributed by atoms with Gasteiger partial charge in [0.05, 0.1) is 12.5 Å². The minimum Gasteiger partial charge on any atom is -0.497 e. The molecule has 0 radical (unpaired) electrons. The van der Waals surface area contributed by atoms with Gasteiger partial charge in [0, 0.05) is 21.7 Å². The molecule has 2 heterocycles. The average Bonchev–Trinajstić information content (AvgIpc) is 3.16. The maximum Gasteiger partial charge on any atom is 0.263 e. The molecule has 8 heteroatoms. The predicted octanol–water partition coefficient (Wildman–Crippen LogP) is 4.73. The highest BCUT2D eigenvalue weighted by molar-refractivity contribution is 7.17. The number of methoxy groups -OCH3 is 1. The Balaban J connectivity index is 1.69. The third-order valence-corrected chi connectivity index (χ3v) is 5.84. The number of benzene rings is 2. The van der Waals surface area contributed by atoms with E-state index in [2.05, 4.69) is 10.3 Å². The first-order valence-corrected chi connectivity index (χ1v) is 10.4. The number of halogens is 1. The van der Waals surface area contributed by atoms with Gasteiger partial charge in [0.15, 0.2) is 0 Å². The van der Waals surface area contributed by atoms with E-state index in [0.29, 0.717) is 26.8 Å². The van der Waals surface area contributed by atoms with Crippen molar-refractivity contribution >= 4 is 44.7 Å². The quantitative estimate of drug-likeness (QED) is 0.487. The van der Waals surface area contributed by atoms with Crippen molar-refractivity contribution in [1.82, 2.24) is 9.55 Å². The number of thiophene rings is 1. The van der Waals surface area contributed by atoms with Gasteiger partial charge >= 0.3 is 0 Å². The van der Waals surface area contributed by atoms with Gasteiger partial charge in [0.2, 0.25) is 5.91 Å². The van der Waals surface area contributed by atoms with Gasteiger partial charge in [-0.05, 0) is 48.9 Å². The van der Waals surface area contributed by atoms with Gasteiger partial charge in [-0.15, -0.1) is 11.3 Å². The molecule has 0 saturated carbocycles. The minimum absolute atomic E-state index is 0.131. The highest BCUT2D eigenvalue weighted by Crippen LogP contribution is 2.32. The van der Waals surface area contributed by atoms with E-state index in [4.69, 9.17) is 16.3 Å². The molecule has 0 fully saturated rings. The SMILES string of the molecule is COc1ccc(-c2csc3nc(C)n(CC(=O)Nc4ccc(Cl)cc4)c(=O)c23)cc1. The second-order valence-electron chi connectivity index (χ2n) is 6.66. The predicted molar refractivity (Wildman–Crippen MR) is 121 cm³/mol. The van der Waals surface area contributed by atoms with Crippen LogP contribution in [0, 0.1) is 6.92 Å². The molecule has 2 aromatic carbocycles. The van der Waals surface area contributed by atoms with Crippen molar-refractivity contribution in [1.29, 1.82) is 0 Å². The first-order chi connectivity index (χ1) is 14.5. The number of hydrogen-bond donors (Lipinski definition) is 1. The zero-order valence-electron chi connectivity index (χ0n) is 16.3. The topological polar surface area (TPSA) is 73.2 Å². The molecule has 0 spiro atoms. The maximum atomic E-state index is 13.3. The molecule has 6 nitrogen and oxygen atoms in total. The number of aromatic nitrogens is 2. The molecule has 1 amide bonds. The zero-order chi connectivity index (χ0) is 21.3. The number of carbonyl (C=O) groups excluding carboxylic acids is 1. The molecule has 0 aliphatic rings. The Labute approximate surface area is 181 Å². The van der Waals surface area contributed by atoms with Gasteiger partial charge in [-0.3, -0.25) is 14.2 Å². The van der Waals surface area contributed by atoms with Crippen molar-refractivity contribution in [3.8, 4) is 16.9 Å². The van der Waals surface area contributed by atoms with Crippen molar-refractivity contribution in [2.24, 2.45) is 0 Å². The number of fused-ring (bicyclic) bond motifs is 1. The molecule has 1 N–H and O–H groups in total. The van der Waals surface area contributed by atoms with E-state index in [1.165, 1.54) is 15.9 Å². The van der Waals surface area contributed by atoms with Crippen molar-refractivity contribution in [2.75, 3.05) is 12.4 Å². The van der Waals surface area contributed by atoms with Gasteiger partial charge in [0.1, 0.15) is 22.9 Å². The summed E-state index contributed by atoms with van der Waals surface area (Å²) in [5, 5.41) is 5.78. The molecule has 0 unspecified atom stereocenters. The second-order valence-corrected chi connectivity index (χ2v) is 7.96. The fraction of sp³-hybridized carbons (Fsp3) is 0.136. The van der Waals surface area contributed by atoms with Crippen LogP contribution in [0.15, 0.2) is 58.7 Å². The number of carbonyl (C=O) groups is 1. The summed E-state index contributed by atoms with van der Waals surface area (Å²) < 4.78 is 6.60. The van der Waals surface area contributed by atoms with Gasteiger partial charge in [-0.1, -0.05) is 23.7 Å². The second kappa shape index (κ2) is 8.30. The number of nitrogens with one attached hydrogen (secondary N) is 1. The van der Waals surface area contributed by atoms with Crippen LogP contribution < -0.4 is 15.6 Å². The number of aryl methyl sites for hydroxylation is 1. The van der Waals surface area contributed by atoms with Crippen LogP contribution in [0.3, 0.4) is 0 Å². The average molecular weight is 440 g/mol. The molecular weight excluding hydrogens is 422 g/mol. The fourth-order valence-electron chi connectivity index (χ4n) is 3.17. The summed E-state index contributed by atoms with van der Waals surface area (Å²) in [6, 6.07) is 14.3. The molecule has 0 atom stereocenters. The molecule has 30 heavy (non-hydrogen) atoms. The molecule has 4 aromatic rings. The standard InChI is InChI=1S/C22H18ClN3O3S/c1-13-24-21-20(18(12-30-21)14-3-9-17(29-2)10-4-14)22(28)26(13)11-19(27)25-16-7-5-15(23)6-8-16/h3-10,12H,11H2,1-2H3,(H,25,27). The van der Waals surface area contributed by atoms with Gasteiger partial charge in [-0.25, -0.2) is 4.98 Å². The summed E-state index contributed by atoms with van der Waals surface area (Å²) >= 11 is 7.28. The van der Waals surface area contributed by atoms with Crippen molar-refractivity contribution < 1.29 is 9.53 Å². The first kappa shape index (κ1) is 20.1. The van der Waals surface area contributed by atoms with Crippen LogP contribution in [0.5, 0.6) is 5.75 Å². The van der Waals surface area contributed by atoms with Crippen LogP contribution in [-0.4, -0.2) is 22.6 Å². The first-order valence-electron chi connectivity index (χ1n) is 9.15. The van der Waals surface area contributed by atoms with Crippen molar-refractivity contribution in [3.63, 3.8) is 0 Å². The third kappa shape index (κ3) is 3.94. The van der Waals surface area contributed by atoms with E-state index < -0.39 is 0 Å². The number of anilines is 1. The van der Waals surface area contributed by atoms with Crippen LogP contribution in [-0.2, 0) is 11.3 Å². The monoisotopic (exact) mass is 439 g/mol. The number of nitrogens with zero attached hydrogens (tertiary/aromatic N) is 2. The number of amides is 1. The molecule has 0 saturated heterocycles. The Kier molecular flexibility index (Phi) is 5.57. The highest BCUT2D eigenvalue weighted by Gasteiger charge is 2.17. The molecule has 0 bridgehead atoms. The highest BCUT2D eigenvalue weighted by atomic mass is 35.5. The van der Waals surface area contributed by atoms with E-state index in [-0.39, 0.29) is 18.0 Å². The molecular formula is C22H18ClN3O3S. The summed E-state index contributed by atoms with van der Waals surface area (Å²) in [6.07, 6.45) is 0. The van der Waals surface area contributed by atoms with Gasteiger partial charge < -0.3 is 10.1 Å². The van der Waals surface area contributed by atoms with E-state index in [1.807, 2.05) is 29.6 Å². The number of rotatable bonds is 5. The lowest BCUT2D eigenvalue weighted by Crippen LogP contribution is -2.30. The number of ether oxygens (including phenoxy) is 1. The lowest BCUT2D eigenvalue weighted by atomic mass is 10.1. The normalized spacial score (nSPS) is 10.9.